The van der Waals surface area contributed by atoms with E-state index in [4.69, 9.17) is 0 Å². The molecule has 0 aliphatic carbocycles. The first kappa shape index (κ1) is 12.5. The highest BCUT2D eigenvalue weighted by Gasteiger charge is 2.11. The molecule has 4 heteroatoms. The second-order valence-corrected chi connectivity index (χ2v) is 4.24. The van der Waals surface area contributed by atoms with E-state index in [1.54, 1.807) is 6.07 Å². The summed E-state index contributed by atoms with van der Waals surface area (Å²) in [6.45, 7) is 4.79. The van der Waals surface area contributed by atoms with Crippen LogP contribution in [0.25, 0.3) is 11.1 Å². The minimum Gasteiger partial charge on any atom is -0.298 e. The first-order valence-corrected chi connectivity index (χ1v) is 5.95. The van der Waals surface area contributed by atoms with Crippen LogP contribution in [-0.4, -0.2) is 16.1 Å². The SMILES string of the molecule is CCCn1cc(-c2ccc(F)cc2C=O)c(C)n1. The summed E-state index contributed by atoms with van der Waals surface area (Å²) in [4.78, 5) is 11.0. The third-order valence-corrected chi connectivity index (χ3v) is 2.83. The van der Waals surface area contributed by atoms with E-state index in [1.807, 2.05) is 17.8 Å². The number of aromatic nitrogens is 2. The van der Waals surface area contributed by atoms with Gasteiger partial charge in [0.05, 0.1) is 5.69 Å². The van der Waals surface area contributed by atoms with E-state index in [-0.39, 0.29) is 0 Å². The van der Waals surface area contributed by atoms with Gasteiger partial charge in [0.2, 0.25) is 0 Å². The van der Waals surface area contributed by atoms with E-state index in [0.29, 0.717) is 11.8 Å². The van der Waals surface area contributed by atoms with Crippen LogP contribution in [0.5, 0.6) is 0 Å². The number of carbonyl (C=O) groups excluding carboxylic acids is 1. The maximum atomic E-state index is 13.1. The van der Waals surface area contributed by atoms with Crippen LogP contribution in [0.15, 0.2) is 24.4 Å². The maximum Gasteiger partial charge on any atom is 0.150 e. The lowest BCUT2D eigenvalue weighted by molar-refractivity contribution is 0.112. The van der Waals surface area contributed by atoms with Crippen molar-refractivity contribution in [1.29, 1.82) is 0 Å². The summed E-state index contributed by atoms with van der Waals surface area (Å²) >= 11 is 0. The van der Waals surface area contributed by atoms with E-state index in [0.717, 1.165) is 29.8 Å². The van der Waals surface area contributed by atoms with Crippen LogP contribution in [0, 0.1) is 12.7 Å². The third-order valence-electron chi connectivity index (χ3n) is 2.83. The molecule has 94 valence electrons. The number of aryl methyl sites for hydroxylation is 2. The van der Waals surface area contributed by atoms with Gasteiger partial charge in [-0.3, -0.25) is 9.48 Å². The molecule has 0 spiro atoms. The molecule has 0 fully saturated rings. The average Bonchev–Trinajstić information content (AvgIpc) is 2.70. The Morgan fingerprint density at radius 3 is 2.83 bits per heavy atom. The van der Waals surface area contributed by atoms with E-state index >= 15 is 0 Å². The Morgan fingerprint density at radius 2 is 2.17 bits per heavy atom. The summed E-state index contributed by atoms with van der Waals surface area (Å²) < 4.78 is 14.9. The summed E-state index contributed by atoms with van der Waals surface area (Å²) in [6.07, 6.45) is 3.57. The fourth-order valence-electron chi connectivity index (χ4n) is 2.00. The highest BCUT2D eigenvalue weighted by Crippen LogP contribution is 2.26. The number of benzene rings is 1. The van der Waals surface area contributed by atoms with Crippen LogP contribution in [0.2, 0.25) is 0 Å². The van der Waals surface area contributed by atoms with Gasteiger partial charge in [0.25, 0.3) is 0 Å². The summed E-state index contributed by atoms with van der Waals surface area (Å²) in [7, 11) is 0. The number of hydrogen-bond donors (Lipinski definition) is 0. The molecule has 0 bridgehead atoms. The van der Waals surface area contributed by atoms with Crippen molar-refractivity contribution in [2.45, 2.75) is 26.8 Å². The molecule has 0 amide bonds. The summed E-state index contributed by atoms with van der Waals surface area (Å²) in [5.74, 6) is -0.403. The van der Waals surface area contributed by atoms with Crippen LogP contribution in [0.4, 0.5) is 4.39 Å². The van der Waals surface area contributed by atoms with E-state index in [2.05, 4.69) is 12.0 Å². The molecule has 0 N–H and O–H groups in total. The predicted octanol–water partition coefficient (Wildman–Crippen LogP) is 3.22. The fourth-order valence-corrected chi connectivity index (χ4v) is 2.00. The third kappa shape index (κ3) is 2.32. The minimum atomic E-state index is -0.403. The molecule has 1 aromatic carbocycles. The molecule has 2 aromatic rings. The Kier molecular flexibility index (Phi) is 3.55. The second kappa shape index (κ2) is 5.12. The van der Waals surface area contributed by atoms with Gasteiger partial charge in [0.15, 0.2) is 6.29 Å². The van der Waals surface area contributed by atoms with Gasteiger partial charge in [-0.15, -0.1) is 0 Å². The Bertz CT molecular complexity index is 575. The van der Waals surface area contributed by atoms with Crippen molar-refractivity contribution in [2.75, 3.05) is 0 Å². The summed E-state index contributed by atoms with van der Waals surface area (Å²) in [6, 6.07) is 4.23. The van der Waals surface area contributed by atoms with Gasteiger partial charge >= 0.3 is 0 Å². The zero-order valence-electron chi connectivity index (χ0n) is 10.5. The lowest BCUT2D eigenvalue weighted by Gasteiger charge is -2.03. The molecular formula is C14H15FN2O. The number of nitrogens with zero attached hydrogens (tertiary/aromatic N) is 2. The van der Waals surface area contributed by atoms with Crippen LogP contribution in [0.3, 0.4) is 0 Å². The molecule has 0 saturated heterocycles. The molecule has 1 heterocycles. The normalized spacial score (nSPS) is 10.6. The summed E-state index contributed by atoms with van der Waals surface area (Å²) in [5, 5.41) is 4.38. The van der Waals surface area contributed by atoms with Crippen LogP contribution in [-0.2, 0) is 6.54 Å². The van der Waals surface area contributed by atoms with Gasteiger partial charge in [0.1, 0.15) is 5.82 Å². The van der Waals surface area contributed by atoms with Crippen molar-refractivity contribution in [3.05, 3.63) is 41.5 Å². The van der Waals surface area contributed by atoms with Gasteiger partial charge in [-0.25, -0.2) is 4.39 Å². The van der Waals surface area contributed by atoms with Crippen molar-refractivity contribution >= 4 is 6.29 Å². The molecule has 0 aliphatic rings. The highest BCUT2D eigenvalue weighted by molar-refractivity contribution is 5.87. The molecule has 0 aliphatic heterocycles. The quantitative estimate of drug-likeness (QED) is 0.776. The minimum absolute atomic E-state index is 0.356. The summed E-state index contributed by atoms with van der Waals surface area (Å²) in [5.41, 5.74) is 2.81. The maximum absolute atomic E-state index is 13.1. The molecule has 0 unspecified atom stereocenters. The zero-order valence-corrected chi connectivity index (χ0v) is 10.5. The Morgan fingerprint density at radius 1 is 1.39 bits per heavy atom. The smallest absolute Gasteiger partial charge is 0.150 e. The fraction of sp³-hybridized carbons (Fsp3) is 0.286. The van der Waals surface area contributed by atoms with Gasteiger partial charge in [-0.05, 0) is 31.0 Å². The average molecular weight is 246 g/mol. The van der Waals surface area contributed by atoms with Crippen molar-refractivity contribution < 1.29 is 9.18 Å². The molecule has 0 radical (unpaired) electrons. The van der Waals surface area contributed by atoms with E-state index < -0.39 is 5.82 Å². The lowest BCUT2D eigenvalue weighted by atomic mass is 10.0. The van der Waals surface area contributed by atoms with Gasteiger partial charge in [0, 0.05) is 23.9 Å². The zero-order chi connectivity index (χ0) is 13.1. The first-order chi connectivity index (χ1) is 8.65. The van der Waals surface area contributed by atoms with Crippen LogP contribution >= 0.6 is 0 Å². The Labute approximate surface area is 105 Å². The molecule has 18 heavy (non-hydrogen) atoms. The van der Waals surface area contributed by atoms with Crippen LogP contribution in [0.1, 0.15) is 29.4 Å². The Balaban J connectivity index is 2.51. The number of halogens is 1. The van der Waals surface area contributed by atoms with Crippen molar-refractivity contribution in [3.8, 4) is 11.1 Å². The molecule has 1 aromatic heterocycles. The molecule has 0 atom stereocenters. The number of aldehydes is 1. The molecule has 2 rings (SSSR count). The van der Waals surface area contributed by atoms with E-state index in [1.165, 1.54) is 12.1 Å². The van der Waals surface area contributed by atoms with E-state index in [9.17, 15) is 9.18 Å². The molecular weight excluding hydrogens is 231 g/mol. The van der Waals surface area contributed by atoms with Crippen molar-refractivity contribution in [3.63, 3.8) is 0 Å². The highest BCUT2D eigenvalue weighted by atomic mass is 19.1. The first-order valence-electron chi connectivity index (χ1n) is 5.95. The second-order valence-electron chi connectivity index (χ2n) is 4.24. The monoisotopic (exact) mass is 246 g/mol. The topological polar surface area (TPSA) is 34.9 Å². The van der Waals surface area contributed by atoms with Gasteiger partial charge in [-0.2, -0.15) is 5.10 Å². The number of hydrogen-bond acceptors (Lipinski definition) is 2. The standard InChI is InChI=1S/C14H15FN2O/c1-3-6-17-8-14(10(2)16-17)13-5-4-12(15)7-11(13)9-18/h4-5,7-9H,3,6H2,1-2H3. The van der Waals surface area contributed by atoms with Crippen molar-refractivity contribution in [2.24, 2.45) is 0 Å². The number of rotatable bonds is 4. The molecule has 0 saturated carbocycles. The largest absolute Gasteiger partial charge is 0.298 e. The van der Waals surface area contributed by atoms with Gasteiger partial charge < -0.3 is 0 Å². The Hall–Kier alpha value is -1.97. The van der Waals surface area contributed by atoms with Crippen LogP contribution < -0.4 is 0 Å². The number of carbonyl (C=O) groups is 1. The van der Waals surface area contributed by atoms with Crippen molar-refractivity contribution in [1.82, 2.24) is 9.78 Å². The lowest BCUT2D eigenvalue weighted by Crippen LogP contribution is -1.96. The predicted molar refractivity (Wildman–Crippen MR) is 68.0 cm³/mol. The van der Waals surface area contributed by atoms with Gasteiger partial charge in [-0.1, -0.05) is 13.0 Å². The molecule has 3 nitrogen and oxygen atoms in total.